The van der Waals surface area contributed by atoms with Gasteiger partial charge in [-0.2, -0.15) is 14.9 Å². The molecule has 1 aliphatic carbocycles. The number of hydrogen-bond donors (Lipinski definition) is 1. The van der Waals surface area contributed by atoms with E-state index in [1.807, 2.05) is 24.3 Å². The van der Waals surface area contributed by atoms with Crippen molar-refractivity contribution in [3.05, 3.63) is 40.8 Å². The molecule has 3 rings (SSSR count). The summed E-state index contributed by atoms with van der Waals surface area (Å²) in [6, 6.07) is 3.74. The molecule has 0 radical (unpaired) electrons. The monoisotopic (exact) mass is 302 g/mol. The number of aromatic nitrogens is 3. The summed E-state index contributed by atoms with van der Waals surface area (Å²) in [5.41, 5.74) is 0. The van der Waals surface area contributed by atoms with Crippen molar-refractivity contribution in [2.75, 3.05) is 0 Å². The van der Waals surface area contributed by atoms with E-state index in [0.717, 1.165) is 24.4 Å². The van der Waals surface area contributed by atoms with E-state index in [0.29, 0.717) is 10.7 Å². The van der Waals surface area contributed by atoms with Crippen molar-refractivity contribution < 1.29 is 4.42 Å². The molecule has 6 heteroatoms. The largest absolute Gasteiger partial charge is 0.465 e. The van der Waals surface area contributed by atoms with Gasteiger partial charge in [-0.1, -0.05) is 19.3 Å². The van der Waals surface area contributed by atoms with Crippen LogP contribution in [-0.2, 0) is 0 Å². The third-order valence-electron chi connectivity index (χ3n) is 3.72. The molecule has 0 unspecified atom stereocenters. The molecule has 21 heavy (non-hydrogen) atoms. The molecular weight excluding hydrogens is 284 g/mol. The van der Waals surface area contributed by atoms with Crippen LogP contribution in [0.2, 0.25) is 0 Å². The fourth-order valence-electron chi connectivity index (χ4n) is 2.67. The van der Waals surface area contributed by atoms with Gasteiger partial charge in [-0.25, -0.2) is 0 Å². The number of furan rings is 1. The number of nitrogens with one attached hydrogen (secondary N) is 1. The van der Waals surface area contributed by atoms with Crippen LogP contribution >= 0.6 is 12.2 Å². The van der Waals surface area contributed by atoms with Crippen molar-refractivity contribution in [2.24, 2.45) is 5.10 Å². The number of H-pyrrole nitrogens is 1. The maximum atomic E-state index is 5.26. The molecule has 0 spiro atoms. The minimum absolute atomic E-state index is 0.456. The Morgan fingerprint density at radius 1 is 1.38 bits per heavy atom. The first-order valence-electron chi connectivity index (χ1n) is 7.26. The molecule has 5 nitrogen and oxygen atoms in total. The van der Waals surface area contributed by atoms with Crippen LogP contribution in [0, 0.1) is 4.77 Å². The molecule has 0 aliphatic heterocycles. The molecule has 1 fully saturated rings. The summed E-state index contributed by atoms with van der Waals surface area (Å²) in [6.45, 7) is 0. The van der Waals surface area contributed by atoms with Crippen molar-refractivity contribution in [3.63, 3.8) is 0 Å². The fourth-order valence-corrected chi connectivity index (χ4v) is 2.86. The third-order valence-corrected chi connectivity index (χ3v) is 3.98. The van der Waals surface area contributed by atoms with Crippen LogP contribution in [0.15, 0.2) is 34.0 Å². The SMILES string of the molecule is S=c1[nH]nc(C2CCCCC2)n1/N=C\C=C\c1ccco1. The third kappa shape index (κ3) is 3.39. The van der Waals surface area contributed by atoms with Crippen LogP contribution in [0.5, 0.6) is 0 Å². The summed E-state index contributed by atoms with van der Waals surface area (Å²) in [5, 5.41) is 11.6. The van der Waals surface area contributed by atoms with Gasteiger partial charge in [-0.05, 0) is 49.3 Å². The Hall–Kier alpha value is -1.95. The molecule has 2 aromatic heterocycles. The standard InChI is InChI=1S/C15H18N4OS/c21-15-18-17-14(12-6-2-1-3-7-12)19(15)16-10-4-8-13-9-5-11-20-13/h4-5,8-12H,1-3,6-7H2,(H,18,21)/b8-4+,16-10-. The molecule has 1 N–H and O–H groups in total. The van der Waals surface area contributed by atoms with Crippen molar-refractivity contribution >= 4 is 24.5 Å². The minimum atomic E-state index is 0.456. The summed E-state index contributed by atoms with van der Waals surface area (Å²) in [4.78, 5) is 0. The highest BCUT2D eigenvalue weighted by molar-refractivity contribution is 7.71. The van der Waals surface area contributed by atoms with E-state index >= 15 is 0 Å². The predicted octanol–water partition coefficient (Wildman–Crippen LogP) is 4.13. The zero-order chi connectivity index (χ0) is 14.5. The van der Waals surface area contributed by atoms with Crippen molar-refractivity contribution in [1.82, 2.24) is 14.9 Å². The lowest BCUT2D eigenvalue weighted by atomic mass is 9.89. The summed E-state index contributed by atoms with van der Waals surface area (Å²) in [7, 11) is 0. The number of aromatic amines is 1. The first kappa shape index (κ1) is 14.0. The van der Waals surface area contributed by atoms with E-state index in [9.17, 15) is 0 Å². The highest BCUT2D eigenvalue weighted by atomic mass is 32.1. The van der Waals surface area contributed by atoms with Gasteiger partial charge >= 0.3 is 0 Å². The second-order valence-electron chi connectivity index (χ2n) is 5.17. The highest BCUT2D eigenvalue weighted by Gasteiger charge is 2.21. The molecule has 1 aliphatic rings. The van der Waals surface area contributed by atoms with Gasteiger partial charge in [-0.15, -0.1) is 0 Å². The van der Waals surface area contributed by atoms with Gasteiger partial charge in [0.15, 0.2) is 5.82 Å². The maximum Gasteiger partial charge on any atom is 0.216 e. The van der Waals surface area contributed by atoms with Crippen LogP contribution < -0.4 is 0 Å². The Morgan fingerprint density at radius 3 is 3.00 bits per heavy atom. The van der Waals surface area contributed by atoms with Gasteiger partial charge in [-0.3, -0.25) is 5.10 Å². The highest BCUT2D eigenvalue weighted by Crippen LogP contribution is 2.31. The average Bonchev–Trinajstić information content (AvgIpc) is 3.15. The molecule has 0 atom stereocenters. The molecule has 0 bridgehead atoms. The Bertz CT molecular complexity index is 675. The van der Waals surface area contributed by atoms with E-state index in [1.54, 1.807) is 17.2 Å². The van der Waals surface area contributed by atoms with Gasteiger partial charge < -0.3 is 4.42 Å². The Labute approximate surface area is 128 Å². The first-order valence-corrected chi connectivity index (χ1v) is 7.67. The van der Waals surface area contributed by atoms with E-state index < -0.39 is 0 Å². The van der Waals surface area contributed by atoms with Crippen molar-refractivity contribution in [1.29, 1.82) is 0 Å². The zero-order valence-electron chi connectivity index (χ0n) is 11.7. The fraction of sp³-hybridized carbons (Fsp3) is 0.400. The number of nitrogens with zero attached hydrogens (tertiary/aromatic N) is 3. The van der Waals surface area contributed by atoms with Gasteiger partial charge in [0.25, 0.3) is 0 Å². The molecule has 110 valence electrons. The summed E-state index contributed by atoms with van der Waals surface area (Å²) < 4.78 is 7.49. The molecular formula is C15H18N4OS. The Kier molecular flexibility index (Phi) is 4.45. The van der Waals surface area contributed by atoms with E-state index in [4.69, 9.17) is 16.6 Å². The molecule has 0 amide bonds. The summed E-state index contributed by atoms with van der Waals surface area (Å²) in [6.07, 6.45) is 13.2. The Balaban J connectivity index is 1.75. The van der Waals surface area contributed by atoms with Crippen LogP contribution in [0.4, 0.5) is 0 Å². The van der Waals surface area contributed by atoms with E-state index in [1.165, 1.54) is 19.3 Å². The molecule has 0 aromatic carbocycles. The number of allylic oxidation sites excluding steroid dienone is 1. The zero-order valence-corrected chi connectivity index (χ0v) is 12.6. The quantitative estimate of drug-likeness (QED) is 0.682. The average molecular weight is 302 g/mol. The minimum Gasteiger partial charge on any atom is -0.465 e. The lowest BCUT2D eigenvalue weighted by molar-refractivity contribution is 0.419. The lowest BCUT2D eigenvalue weighted by Crippen LogP contribution is -2.10. The smallest absolute Gasteiger partial charge is 0.216 e. The van der Waals surface area contributed by atoms with Gasteiger partial charge in [0, 0.05) is 12.1 Å². The van der Waals surface area contributed by atoms with Crippen molar-refractivity contribution in [2.45, 2.75) is 38.0 Å². The second kappa shape index (κ2) is 6.67. The van der Waals surface area contributed by atoms with Gasteiger partial charge in [0.2, 0.25) is 4.77 Å². The van der Waals surface area contributed by atoms with E-state index in [-0.39, 0.29) is 0 Å². The molecule has 2 heterocycles. The maximum absolute atomic E-state index is 5.26. The Morgan fingerprint density at radius 2 is 2.24 bits per heavy atom. The van der Waals surface area contributed by atoms with Crippen molar-refractivity contribution in [3.8, 4) is 0 Å². The molecule has 0 saturated heterocycles. The number of rotatable bonds is 4. The second-order valence-corrected chi connectivity index (χ2v) is 5.56. The van der Waals surface area contributed by atoms with Crippen LogP contribution in [0.1, 0.15) is 49.6 Å². The molecule has 1 saturated carbocycles. The summed E-state index contributed by atoms with van der Waals surface area (Å²) >= 11 is 5.26. The van der Waals surface area contributed by atoms with Crippen LogP contribution in [0.25, 0.3) is 6.08 Å². The van der Waals surface area contributed by atoms with Gasteiger partial charge in [0.1, 0.15) is 5.76 Å². The normalized spacial score (nSPS) is 17.1. The van der Waals surface area contributed by atoms with E-state index in [2.05, 4.69) is 15.3 Å². The lowest BCUT2D eigenvalue weighted by Gasteiger charge is -2.19. The number of hydrogen-bond acceptors (Lipinski definition) is 4. The topological polar surface area (TPSA) is 59.1 Å². The molecule has 2 aromatic rings. The summed E-state index contributed by atoms with van der Waals surface area (Å²) in [5.74, 6) is 2.20. The van der Waals surface area contributed by atoms with Crippen LogP contribution in [0.3, 0.4) is 0 Å². The van der Waals surface area contributed by atoms with Gasteiger partial charge in [0.05, 0.1) is 6.26 Å². The van der Waals surface area contributed by atoms with Crippen LogP contribution in [-0.4, -0.2) is 21.1 Å². The first-order chi connectivity index (χ1) is 10.3. The predicted molar refractivity (Wildman–Crippen MR) is 84.9 cm³/mol.